The lowest BCUT2D eigenvalue weighted by atomic mass is 9.87. The number of hydrogen-bond donors (Lipinski definition) is 3. The van der Waals surface area contributed by atoms with Crippen LogP contribution >= 0.6 is 7.94 Å². The Morgan fingerprint density at radius 2 is 0.765 bits per heavy atom. The molecule has 0 unspecified atom stereocenters. The van der Waals surface area contributed by atoms with Gasteiger partial charge in [-0.05, 0) is 30.4 Å². The van der Waals surface area contributed by atoms with E-state index in [1.165, 1.54) is 94.6 Å². The molecule has 190 valence electrons. The van der Waals surface area contributed by atoms with Gasteiger partial charge < -0.3 is 0 Å². The molecule has 0 aliphatic heterocycles. The van der Waals surface area contributed by atoms with Crippen LogP contribution in [0.5, 0.6) is 0 Å². The topological polar surface area (TPSA) is 60.7 Å². The van der Waals surface area contributed by atoms with Gasteiger partial charge in [-0.2, -0.15) is 14.7 Å². The Balaban J connectivity index is 1.41. The van der Waals surface area contributed by atoms with Gasteiger partial charge in [0.05, 0.1) is 0 Å². The van der Waals surface area contributed by atoms with Crippen LogP contribution in [0.2, 0.25) is 0 Å². The first-order chi connectivity index (χ1) is 16.6. The Bertz CT molecular complexity index is 675. The van der Waals surface area contributed by atoms with Gasteiger partial charge in [-0.1, -0.05) is 144 Å². The van der Waals surface area contributed by atoms with Crippen LogP contribution in [0, 0.1) is 0 Å². The molecule has 0 fully saturated rings. The van der Waals surface area contributed by atoms with Crippen molar-refractivity contribution in [3.05, 3.63) is 71.8 Å². The molecule has 0 aromatic heterocycles. The summed E-state index contributed by atoms with van der Waals surface area (Å²) in [7, 11) is -3.53. The molecule has 2 aromatic carbocycles. The third-order valence-corrected chi connectivity index (χ3v) is 7.77. The van der Waals surface area contributed by atoms with E-state index in [4.69, 9.17) is 14.7 Å². The van der Waals surface area contributed by atoms with Gasteiger partial charge in [0.1, 0.15) is 6.16 Å². The highest BCUT2D eigenvalue weighted by Crippen LogP contribution is 2.45. The van der Waals surface area contributed by atoms with Crippen LogP contribution in [0.25, 0.3) is 0 Å². The second-order valence-corrected chi connectivity index (χ2v) is 11.7. The van der Waals surface area contributed by atoms with Crippen LogP contribution in [-0.2, 0) is 0 Å². The number of rotatable bonds is 20. The average Bonchev–Trinajstić information content (AvgIpc) is 2.84. The monoisotopic (exact) mass is 487 g/mol. The Hall–Kier alpha value is -1.25. The molecule has 0 bridgehead atoms. The van der Waals surface area contributed by atoms with E-state index in [1.54, 1.807) is 0 Å². The standard InChI is InChI=1S/C30H48O3P/c31-34(32,33)27-21-13-11-9-7-5-3-1-2-4-6-8-10-12-20-26-30(28-22-16-14-17-23-28)29-24-18-15-19-25-29/h14-19,22-25,30-33H,1-13,20-21,26-27H2/q+1. The number of hydrogen-bond acceptors (Lipinski definition) is 3. The molecule has 0 saturated carbocycles. The first-order valence-corrected chi connectivity index (χ1v) is 15.6. The molecule has 3 nitrogen and oxygen atoms in total. The van der Waals surface area contributed by atoms with Crippen LogP contribution in [0.4, 0.5) is 0 Å². The summed E-state index contributed by atoms with van der Waals surface area (Å²) >= 11 is 0. The fourth-order valence-corrected chi connectivity index (χ4v) is 5.51. The summed E-state index contributed by atoms with van der Waals surface area (Å²) in [4.78, 5) is 26.9. The van der Waals surface area contributed by atoms with Crippen LogP contribution in [-0.4, -0.2) is 20.8 Å². The normalized spacial score (nSPS) is 11.9. The second-order valence-electron chi connectivity index (χ2n) is 9.88. The molecule has 0 saturated heterocycles. The van der Waals surface area contributed by atoms with Gasteiger partial charge in [0.15, 0.2) is 0 Å². The van der Waals surface area contributed by atoms with Crippen LogP contribution in [0.15, 0.2) is 60.7 Å². The van der Waals surface area contributed by atoms with Crippen molar-refractivity contribution in [1.29, 1.82) is 0 Å². The zero-order valence-corrected chi connectivity index (χ0v) is 22.1. The van der Waals surface area contributed by atoms with E-state index in [0.717, 1.165) is 19.3 Å². The Kier molecular flexibility index (Phi) is 15.4. The van der Waals surface area contributed by atoms with Crippen LogP contribution in [0.3, 0.4) is 0 Å². The Labute approximate surface area is 209 Å². The molecule has 0 amide bonds. The van der Waals surface area contributed by atoms with E-state index in [2.05, 4.69) is 60.7 Å². The highest BCUT2D eigenvalue weighted by molar-refractivity contribution is 7.58. The lowest BCUT2D eigenvalue weighted by molar-refractivity contribution is 0.328. The second kappa shape index (κ2) is 18.1. The lowest BCUT2D eigenvalue weighted by Crippen LogP contribution is -2.01. The van der Waals surface area contributed by atoms with E-state index in [0.29, 0.717) is 5.92 Å². The summed E-state index contributed by atoms with van der Waals surface area (Å²) in [5, 5.41) is 0. The van der Waals surface area contributed by atoms with Gasteiger partial charge >= 0.3 is 7.94 Å². The van der Waals surface area contributed by atoms with E-state index in [9.17, 15) is 0 Å². The summed E-state index contributed by atoms with van der Waals surface area (Å²) in [6.45, 7) is 0. The summed E-state index contributed by atoms with van der Waals surface area (Å²) in [6, 6.07) is 21.9. The van der Waals surface area contributed by atoms with Gasteiger partial charge in [0, 0.05) is 5.92 Å². The summed E-state index contributed by atoms with van der Waals surface area (Å²) in [6.07, 6.45) is 20.3. The smallest absolute Gasteiger partial charge is 0.193 e. The maximum absolute atomic E-state index is 8.95. The minimum atomic E-state index is -3.53. The number of unbranched alkanes of at least 4 members (excludes halogenated alkanes) is 14. The summed E-state index contributed by atoms with van der Waals surface area (Å²) < 4.78 is 0. The van der Waals surface area contributed by atoms with Crippen molar-refractivity contribution in [2.75, 3.05) is 6.16 Å². The fourth-order valence-electron chi connectivity index (χ4n) is 4.87. The molecule has 0 aliphatic carbocycles. The molecule has 4 heteroatoms. The largest absolute Gasteiger partial charge is 0.403 e. The molecular weight excluding hydrogens is 439 g/mol. The van der Waals surface area contributed by atoms with Gasteiger partial charge in [0.2, 0.25) is 0 Å². The molecular formula is C30H48O3P+. The van der Waals surface area contributed by atoms with Crippen molar-refractivity contribution in [3.8, 4) is 0 Å². The molecule has 2 rings (SSSR count). The predicted molar refractivity (Wildman–Crippen MR) is 147 cm³/mol. The molecule has 34 heavy (non-hydrogen) atoms. The molecule has 0 spiro atoms. The van der Waals surface area contributed by atoms with Crippen LogP contribution in [0.1, 0.15) is 120 Å². The Morgan fingerprint density at radius 3 is 1.12 bits per heavy atom. The van der Waals surface area contributed by atoms with Crippen molar-refractivity contribution in [1.82, 2.24) is 0 Å². The van der Waals surface area contributed by atoms with Crippen molar-refractivity contribution in [3.63, 3.8) is 0 Å². The third-order valence-electron chi connectivity index (χ3n) is 6.85. The molecule has 0 atom stereocenters. The highest BCUT2D eigenvalue weighted by atomic mass is 31.2. The highest BCUT2D eigenvalue weighted by Gasteiger charge is 2.27. The van der Waals surface area contributed by atoms with Gasteiger partial charge in [-0.15, -0.1) is 0 Å². The van der Waals surface area contributed by atoms with Crippen molar-refractivity contribution in [2.24, 2.45) is 0 Å². The number of benzene rings is 2. The van der Waals surface area contributed by atoms with E-state index in [1.807, 2.05) is 0 Å². The molecule has 2 aromatic rings. The van der Waals surface area contributed by atoms with E-state index in [-0.39, 0.29) is 6.16 Å². The van der Waals surface area contributed by atoms with Gasteiger partial charge in [-0.25, -0.2) is 0 Å². The van der Waals surface area contributed by atoms with E-state index < -0.39 is 7.94 Å². The first kappa shape index (κ1) is 29.0. The molecule has 3 N–H and O–H groups in total. The maximum Gasteiger partial charge on any atom is 0.403 e. The summed E-state index contributed by atoms with van der Waals surface area (Å²) in [5.41, 5.74) is 2.88. The first-order valence-electron chi connectivity index (χ1n) is 13.7. The van der Waals surface area contributed by atoms with Crippen LogP contribution < -0.4 is 0 Å². The van der Waals surface area contributed by atoms with Crippen molar-refractivity contribution >= 4 is 7.94 Å². The van der Waals surface area contributed by atoms with E-state index >= 15 is 0 Å². The molecule has 0 heterocycles. The maximum atomic E-state index is 8.95. The fraction of sp³-hybridized carbons (Fsp3) is 0.600. The zero-order chi connectivity index (χ0) is 24.3. The zero-order valence-electron chi connectivity index (χ0n) is 21.2. The molecule has 0 aliphatic rings. The SMILES string of the molecule is O[P+](O)(O)CCCCCCCCCCCCCCCCCC(c1ccccc1)c1ccccc1. The minimum Gasteiger partial charge on any atom is -0.193 e. The quantitative estimate of drug-likeness (QED) is 0.129. The van der Waals surface area contributed by atoms with Gasteiger partial charge in [0.25, 0.3) is 0 Å². The predicted octanol–water partition coefficient (Wildman–Crippen LogP) is 8.80. The molecule has 0 radical (unpaired) electrons. The Morgan fingerprint density at radius 1 is 0.441 bits per heavy atom. The summed E-state index contributed by atoms with van der Waals surface area (Å²) in [5.74, 6) is 0.518. The van der Waals surface area contributed by atoms with Crippen molar-refractivity contribution in [2.45, 2.75) is 109 Å². The van der Waals surface area contributed by atoms with Crippen molar-refractivity contribution < 1.29 is 14.7 Å². The van der Waals surface area contributed by atoms with Gasteiger partial charge in [-0.3, -0.25) is 0 Å². The average molecular weight is 488 g/mol. The minimum absolute atomic E-state index is 0.162. The lowest BCUT2D eigenvalue weighted by Gasteiger charge is -2.18. The third kappa shape index (κ3) is 14.2.